The van der Waals surface area contributed by atoms with Gasteiger partial charge in [0.25, 0.3) is 0 Å². The predicted molar refractivity (Wildman–Crippen MR) is 51.8 cm³/mol. The highest BCUT2D eigenvalue weighted by molar-refractivity contribution is 5.21. The van der Waals surface area contributed by atoms with Crippen molar-refractivity contribution in [2.75, 3.05) is 7.11 Å². The van der Waals surface area contributed by atoms with Gasteiger partial charge in [0.2, 0.25) is 0 Å². The van der Waals surface area contributed by atoms with Gasteiger partial charge in [-0.3, -0.25) is 0 Å². The van der Waals surface area contributed by atoms with E-state index in [-0.39, 0.29) is 0 Å². The Morgan fingerprint density at radius 2 is 1.93 bits per heavy atom. The largest absolute Gasteiger partial charge is 0.379 e. The molecule has 14 heavy (non-hydrogen) atoms. The van der Waals surface area contributed by atoms with Crippen LogP contribution in [0.3, 0.4) is 0 Å². The first-order valence-electron chi connectivity index (χ1n) is 5.75. The summed E-state index contributed by atoms with van der Waals surface area (Å²) >= 11 is 0. The minimum Gasteiger partial charge on any atom is -0.379 e. The first-order chi connectivity index (χ1) is 6.88. The molecule has 3 fully saturated rings. The van der Waals surface area contributed by atoms with Crippen LogP contribution in [0.15, 0.2) is 12.2 Å². The van der Waals surface area contributed by atoms with Gasteiger partial charge in [0.15, 0.2) is 0 Å². The van der Waals surface area contributed by atoms with Gasteiger partial charge in [0, 0.05) is 13.5 Å². The molecule has 0 N–H and O–H groups in total. The van der Waals surface area contributed by atoms with Gasteiger partial charge in [-0.15, -0.1) is 0 Å². The standard InChI is InChI=1S/C12H16O2/c1-13-9-5-8-10-6-2-3-7(4-6)11(10)12(9)14-8/h2-3,6-12H,4-5H2,1H3. The van der Waals surface area contributed by atoms with Crippen molar-refractivity contribution in [2.45, 2.75) is 31.2 Å². The van der Waals surface area contributed by atoms with E-state index in [1.165, 1.54) is 6.42 Å². The second kappa shape index (κ2) is 2.42. The molecule has 4 aliphatic rings. The van der Waals surface area contributed by atoms with Crippen LogP contribution in [0.1, 0.15) is 12.8 Å². The molecule has 0 radical (unpaired) electrons. The van der Waals surface area contributed by atoms with E-state index in [9.17, 15) is 0 Å². The molecule has 2 saturated heterocycles. The molecule has 0 aromatic carbocycles. The maximum atomic E-state index is 6.06. The zero-order valence-corrected chi connectivity index (χ0v) is 8.43. The van der Waals surface area contributed by atoms with Crippen molar-refractivity contribution in [3.05, 3.63) is 12.2 Å². The average Bonchev–Trinajstić information content (AvgIpc) is 2.94. The molecule has 7 atom stereocenters. The molecule has 0 amide bonds. The van der Waals surface area contributed by atoms with Gasteiger partial charge in [0.05, 0.1) is 18.3 Å². The Labute approximate surface area is 84.3 Å². The molecule has 2 aliphatic carbocycles. The second-order valence-electron chi connectivity index (χ2n) is 5.25. The van der Waals surface area contributed by atoms with Gasteiger partial charge < -0.3 is 9.47 Å². The van der Waals surface area contributed by atoms with Crippen LogP contribution in [0, 0.1) is 23.7 Å². The summed E-state index contributed by atoms with van der Waals surface area (Å²) in [7, 11) is 1.83. The van der Waals surface area contributed by atoms with Gasteiger partial charge in [-0.05, 0) is 30.1 Å². The molecule has 76 valence electrons. The zero-order valence-electron chi connectivity index (χ0n) is 8.43. The molecule has 2 aliphatic heterocycles. The van der Waals surface area contributed by atoms with Crippen LogP contribution < -0.4 is 0 Å². The van der Waals surface area contributed by atoms with E-state index in [0.717, 1.165) is 30.1 Å². The monoisotopic (exact) mass is 192 g/mol. The van der Waals surface area contributed by atoms with Crippen LogP contribution in [-0.2, 0) is 9.47 Å². The molecule has 2 heterocycles. The normalized spacial score (nSPS) is 62.5. The van der Waals surface area contributed by atoms with Gasteiger partial charge in [-0.25, -0.2) is 0 Å². The van der Waals surface area contributed by atoms with Crippen LogP contribution >= 0.6 is 0 Å². The second-order valence-corrected chi connectivity index (χ2v) is 5.25. The van der Waals surface area contributed by atoms with Crippen molar-refractivity contribution in [2.24, 2.45) is 23.7 Å². The van der Waals surface area contributed by atoms with E-state index in [0.29, 0.717) is 18.3 Å². The summed E-state index contributed by atoms with van der Waals surface area (Å²) in [5.74, 6) is 3.26. The third kappa shape index (κ3) is 0.728. The summed E-state index contributed by atoms with van der Waals surface area (Å²) in [5.41, 5.74) is 0. The predicted octanol–water partition coefficient (Wildman–Crippen LogP) is 1.61. The summed E-state index contributed by atoms with van der Waals surface area (Å²) in [6, 6.07) is 0. The third-order valence-electron chi connectivity index (χ3n) is 4.86. The fraction of sp³-hybridized carbons (Fsp3) is 0.833. The number of hydrogen-bond donors (Lipinski definition) is 0. The molecule has 0 spiro atoms. The molecule has 0 aromatic rings. The van der Waals surface area contributed by atoms with Crippen molar-refractivity contribution < 1.29 is 9.47 Å². The lowest BCUT2D eigenvalue weighted by molar-refractivity contribution is 0.000131. The van der Waals surface area contributed by atoms with Crippen LogP contribution in [0.5, 0.6) is 0 Å². The fourth-order valence-corrected chi connectivity index (χ4v) is 4.41. The molecule has 0 aromatic heterocycles. The summed E-state index contributed by atoms with van der Waals surface area (Å²) in [5, 5.41) is 0. The smallest absolute Gasteiger partial charge is 0.0878 e. The van der Waals surface area contributed by atoms with Crippen LogP contribution in [0.25, 0.3) is 0 Å². The van der Waals surface area contributed by atoms with Crippen molar-refractivity contribution in [3.63, 3.8) is 0 Å². The highest BCUT2D eigenvalue weighted by atomic mass is 16.6. The Kier molecular flexibility index (Phi) is 1.36. The fourth-order valence-electron chi connectivity index (χ4n) is 4.41. The lowest BCUT2D eigenvalue weighted by Crippen LogP contribution is -2.39. The van der Waals surface area contributed by atoms with E-state index >= 15 is 0 Å². The number of fused-ring (bicyclic) bond motifs is 9. The summed E-state index contributed by atoms with van der Waals surface area (Å²) in [4.78, 5) is 0. The average molecular weight is 192 g/mol. The Hall–Kier alpha value is -0.340. The first-order valence-corrected chi connectivity index (χ1v) is 5.75. The van der Waals surface area contributed by atoms with Crippen molar-refractivity contribution >= 4 is 0 Å². The van der Waals surface area contributed by atoms with E-state index in [1.807, 2.05) is 7.11 Å². The third-order valence-corrected chi connectivity index (χ3v) is 4.86. The quantitative estimate of drug-likeness (QED) is 0.588. The Morgan fingerprint density at radius 1 is 1.14 bits per heavy atom. The molecule has 4 bridgehead atoms. The summed E-state index contributed by atoms with van der Waals surface area (Å²) < 4.78 is 11.6. The molecular weight excluding hydrogens is 176 g/mol. The highest BCUT2D eigenvalue weighted by Crippen LogP contribution is 2.60. The van der Waals surface area contributed by atoms with Crippen molar-refractivity contribution in [3.8, 4) is 0 Å². The molecule has 2 nitrogen and oxygen atoms in total. The van der Waals surface area contributed by atoms with E-state index in [1.54, 1.807) is 0 Å². The molecule has 1 saturated carbocycles. The van der Waals surface area contributed by atoms with Crippen molar-refractivity contribution in [1.82, 2.24) is 0 Å². The molecular formula is C12H16O2. The number of hydrogen-bond acceptors (Lipinski definition) is 2. The number of ether oxygens (including phenoxy) is 2. The van der Waals surface area contributed by atoms with E-state index < -0.39 is 0 Å². The number of methoxy groups -OCH3 is 1. The lowest BCUT2D eigenvalue weighted by atomic mass is 9.72. The van der Waals surface area contributed by atoms with Crippen molar-refractivity contribution in [1.29, 1.82) is 0 Å². The lowest BCUT2D eigenvalue weighted by Gasteiger charge is -2.32. The molecule has 4 rings (SSSR count). The summed E-state index contributed by atoms with van der Waals surface area (Å²) in [6.45, 7) is 0. The molecule has 2 heteroatoms. The minimum absolute atomic E-state index is 0.383. The van der Waals surface area contributed by atoms with Gasteiger partial charge in [0.1, 0.15) is 0 Å². The molecule has 7 unspecified atom stereocenters. The topological polar surface area (TPSA) is 18.5 Å². The van der Waals surface area contributed by atoms with Gasteiger partial charge in [-0.1, -0.05) is 12.2 Å². The summed E-state index contributed by atoms with van der Waals surface area (Å²) in [6.07, 6.45) is 8.68. The van der Waals surface area contributed by atoms with Gasteiger partial charge >= 0.3 is 0 Å². The Morgan fingerprint density at radius 3 is 2.71 bits per heavy atom. The van der Waals surface area contributed by atoms with Crippen LogP contribution in [0.2, 0.25) is 0 Å². The maximum Gasteiger partial charge on any atom is 0.0878 e. The number of allylic oxidation sites excluding steroid dienone is 2. The minimum atomic E-state index is 0.383. The van der Waals surface area contributed by atoms with Crippen LogP contribution in [-0.4, -0.2) is 25.4 Å². The zero-order chi connectivity index (χ0) is 9.28. The van der Waals surface area contributed by atoms with Gasteiger partial charge in [-0.2, -0.15) is 0 Å². The maximum absolute atomic E-state index is 6.06. The van der Waals surface area contributed by atoms with Crippen LogP contribution in [0.4, 0.5) is 0 Å². The number of rotatable bonds is 1. The highest BCUT2D eigenvalue weighted by Gasteiger charge is 2.62. The SMILES string of the molecule is COC1CC2OC1C1C3C=CC(C3)C21. The van der Waals surface area contributed by atoms with E-state index in [4.69, 9.17) is 9.47 Å². The Bertz CT molecular complexity index is 299. The van der Waals surface area contributed by atoms with E-state index in [2.05, 4.69) is 12.2 Å². The first kappa shape index (κ1) is 7.89. The Balaban J connectivity index is 1.72.